The van der Waals surface area contributed by atoms with Crippen molar-refractivity contribution in [2.24, 2.45) is 0 Å². The maximum absolute atomic E-state index is 11.3. The van der Waals surface area contributed by atoms with E-state index in [9.17, 15) is 9.90 Å². The minimum Gasteiger partial charge on any atom is -0.478 e. The number of hydrogen-bond acceptors (Lipinski definition) is 2. The second-order valence-corrected chi connectivity index (χ2v) is 5.85. The fourth-order valence-electron chi connectivity index (χ4n) is 2.56. The number of nitrogens with one attached hydrogen (secondary N) is 1. The van der Waals surface area contributed by atoms with Crippen LogP contribution in [0.25, 0.3) is 33.0 Å². The Morgan fingerprint density at radius 1 is 1.15 bits per heavy atom. The molecule has 2 aromatic heterocycles. The van der Waals surface area contributed by atoms with E-state index in [1.165, 1.54) is 0 Å². The standard InChI is InChI=1S/C15H8INO3/c16-7-4-5-11-10(6-7)13-14(20-11)8-2-1-3-9(15(18)19)12(8)17-13/h1-6,17H,(H,18,19). The Kier molecular flexibility index (Phi) is 2.35. The van der Waals surface area contributed by atoms with Gasteiger partial charge in [0.25, 0.3) is 0 Å². The molecule has 4 aromatic rings. The molecule has 0 radical (unpaired) electrons. The zero-order valence-corrected chi connectivity index (χ0v) is 12.3. The highest BCUT2D eigenvalue weighted by Crippen LogP contribution is 2.35. The van der Waals surface area contributed by atoms with Crippen LogP contribution in [-0.4, -0.2) is 16.1 Å². The first-order valence-electron chi connectivity index (χ1n) is 6.01. The summed E-state index contributed by atoms with van der Waals surface area (Å²) in [5.41, 5.74) is 3.22. The van der Waals surface area contributed by atoms with E-state index < -0.39 is 5.97 Å². The van der Waals surface area contributed by atoms with Gasteiger partial charge in [0.2, 0.25) is 0 Å². The molecule has 4 nitrogen and oxygen atoms in total. The van der Waals surface area contributed by atoms with E-state index in [1.807, 2.05) is 24.3 Å². The van der Waals surface area contributed by atoms with Gasteiger partial charge in [-0.2, -0.15) is 0 Å². The summed E-state index contributed by atoms with van der Waals surface area (Å²) in [7, 11) is 0. The first-order valence-corrected chi connectivity index (χ1v) is 7.09. The number of furan rings is 1. The smallest absolute Gasteiger partial charge is 0.337 e. The number of carbonyl (C=O) groups is 1. The topological polar surface area (TPSA) is 66.2 Å². The maximum Gasteiger partial charge on any atom is 0.337 e. The van der Waals surface area contributed by atoms with E-state index >= 15 is 0 Å². The molecule has 98 valence electrons. The average molecular weight is 377 g/mol. The second kappa shape index (κ2) is 3.99. The molecule has 2 aromatic carbocycles. The molecule has 0 aliphatic heterocycles. The molecular formula is C15H8INO3. The highest BCUT2D eigenvalue weighted by atomic mass is 127. The predicted octanol–water partition coefficient (Wildman–Crippen LogP) is 4.37. The van der Waals surface area contributed by atoms with Crippen molar-refractivity contribution < 1.29 is 14.3 Å². The van der Waals surface area contributed by atoms with Crippen molar-refractivity contribution in [2.45, 2.75) is 0 Å². The highest BCUT2D eigenvalue weighted by molar-refractivity contribution is 14.1. The summed E-state index contributed by atoms with van der Waals surface area (Å²) in [4.78, 5) is 14.5. The molecule has 0 fully saturated rings. The van der Waals surface area contributed by atoms with Gasteiger partial charge in [0.15, 0.2) is 5.58 Å². The summed E-state index contributed by atoms with van der Waals surface area (Å²) in [5.74, 6) is -0.946. The third-order valence-electron chi connectivity index (χ3n) is 3.44. The number of fused-ring (bicyclic) bond motifs is 5. The van der Waals surface area contributed by atoms with E-state index in [2.05, 4.69) is 27.6 Å². The van der Waals surface area contributed by atoms with Crippen LogP contribution in [0.5, 0.6) is 0 Å². The first kappa shape index (κ1) is 11.8. The van der Waals surface area contributed by atoms with Crippen LogP contribution in [0.1, 0.15) is 10.4 Å². The molecule has 0 unspecified atom stereocenters. The third kappa shape index (κ3) is 1.49. The monoisotopic (exact) mass is 377 g/mol. The van der Waals surface area contributed by atoms with Crippen LogP contribution >= 0.6 is 22.6 Å². The molecule has 0 saturated carbocycles. The van der Waals surface area contributed by atoms with E-state index in [0.717, 1.165) is 25.4 Å². The quantitative estimate of drug-likeness (QED) is 0.484. The van der Waals surface area contributed by atoms with E-state index in [4.69, 9.17) is 4.42 Å². The number of benzene rings is 2. The second-order valence-electron chi connectivity index (χ2n) is 4.60. The minimum absolute atomic E-state index is 0.257. The van der Waals surface area contributed by atoms with E-state index in [1.54, 1.807) is 12.1 Å². The van der Waals surface area contributed by atoms with Crippen molar-refractivity contribution in [2.75, 3.05) is 0 Å². The molecular weight excluding hydrogens is 369 g/mol. The summed E-state index contributed by atoms with van der Waals surface area (Å²) in [6.45, 7) is 0. The van der Waals surface area contributed by atoms with Crippen LogP contribution in [0, 0.1) is 3.57 Å². The maximum atomic E-state index is 11.3. The van der Waals surface area contributed by atoms with Crippen LogP contribution in [0.2, 0.25) is 0 Å². The molecule has 4 rings (SSSR count). The van der Waals surface area contributed by atoms with Crippen LogP contribution in [0.15, 0.2) is 40.8 Å². The van der Waals surface area contributed by atoms with Gasteiger partial charge in [0.1, 0.15) is 5.58 Å². The van der Waals surface area contributed by atoms with Crippen molar-refractivity contribution in [1.29, 1.82) is 0 Å². The average Bonchev–Trinajstić information content (AvgIpc) is 2.94. The number of H-pyrrole nitrogens is 1. The zero-order chi connectivity index (χ0) is 13.9. The normalized spacial score (nSPS) is 11.7. The zero-order valence-electron chi connectivity index (χ0n) is 10.1. The number of hydrogen-bond donors (Lipinski definition) is 2. The van der Waals surface area contributed by atoms with Gasteiger partial charge in [-0.05, 0) is 52.9 Å². The van der Waals surface area contributed by atoms with Gasteiger partial charge < -0.3 is 14.5 Å². The SMILES string of the molecule is O=C(O)c1cccc2c1[nH]c1c3cc(I)ccc3oc21. The number of aromatic amines is 1. The molecule has 0 aliphatic carbocycles. The van der Waals surface area contributed by atoms with Crippen LogP contribution < -0.4 is 0 Å². The van der Waals surface area contributed by atoms with E-state index in [0.29, 0.717) is 11.1 Å². The Balaban J connectivity index is 2.23. The Bertz CT molecular complexity index is 997. The number of rotatable bonds is 1. The van der Waals surface area contributed by atoms with Gasteiger partial charge in [0.05, 0.1) is 16.6 Å². The first-order chi connectivity index (χ1) is 9.65. The number of aromatic carboxylic acids is 1. The number of carboxylic acids is 1. The van der Waals surface area contributed by atoms with Gasteiger partial charge in [-0.3, -0.25) is 0 Å². The highest BCUT2D eigenvalue weighted by Gasteiger charge is 2.17. The number of aromatic nitrogens is 1. The molecule has 2 N–H and O–H groups in total. The molecule has 0 aliphatic rings. The Labute approximate surface area is 126 Å². The third-order valence-corrected chi connectivity index (χ3v) is 4.11. The molecule has 0 atom stereocenters. The van der Waals surface area contributed by atoms with Crippen molar-refractivity contribution >= 4 is 61.5 Å². The Hall–Kier alpha value is -2.02. The van der Waals surface area contributed by atoms with Crippen molar-refractivity contribution in [3.63, 3.8) is 0 Å². The number of carboxylic acid groups (broad SMARTS) is 1. The van der Waals surface area contributed by atoms with Crippen LogP contribution in [0.3, 0.4) is 0 Å². The van der Waals surface area contributed by atoms with Gasteiger partial charge in [-0.15, -0.1) is 0 Å². The molecule has 0 bridgehead atoms. The Morgan fingerprint density at radius 2 is 2.00 bits per heavy atom. The lowest BCUT2D eigenvalue weighted by atomic mass is 10.1. The van der Waals surface area contributed by atoms with Crippen LogP contribution in [0.4, 0.5) is 0 Å². The van der Waals surface area contributed by atoms with Gasteiger partial charge >= 0.3 is 5.97 Å². The predicted molar refractivity (Wildman–Crippen MR) is 85.3 cm³/mol. The van der Waals surface area contributed by atoms with Crippen LogP contribution in [-0.2, 0) is 0 Å². The van der Waals surface area contributed by atoms with Gasteiger partial charge in [0, 0.05) is 14.3 Å². The van der Waals surface area contributed by atoms with Crippen molar-refractivity contribution in [3.8, 4) is 0 Å². The fourth-order valence-corrected chi connectivity index (χ4v) is 3.05. The summed E-state index contributed by atoms with van der Waals surface area (Å²) in [5, 5.41) is 11.0. The minimum atomic E-state index is -0.946. The Morgan fingerprint density at radius 3 is 2.80 bits per heavy atom. The summed E-state index contributed by atoms with van der Waals surface area (Å²) in [6, 6.07) is 11.1. The summed E-state index contributed by atoms with van der Waals surface area (Å²) >= 11 is 2.24. The molecule has 5 heteroatoms. The van der Waals surface area contributed by atoms with Crippen molar-refractivity contribution in [1.82, 2.24) is 4.98 Å². The lowest BCUT2D eigenvalue weighted by molar-refractivity contribution is 0.0699. The number of para-hydroxylation sites is 1. The van der Waals surface area contributed by atoms with E-state index in [-0.39, 0.29) is 5.56 Å². The molecule has 2 heterocycles. The molecule has 0 spiro atoms. The lowest BCUT2D eigenvalue weighted by Crippen LogP contribution is -1.96. The lowest BCUT2D eigenvalue weighted by Gasteiger charge is -1.96. The molecule has 20 heavy (non-hydrogen) atoms. The van der Waals surface area contributed by atoms with Crippen molar-refractivity contribution in [3.05, 3.63) is 45.5 Å². The summed E-state index contributed by atoms with van der Waals surface area (Å²) in [6.07, 6.45) is 0. The van der Waals surface area contributed by atoms with Gasteiger partial charge in [-0.1, -0.05) is 6.07 Å². The fraction of sp³-hybridized carbons (Fsp3) is 0. The molecule has 0 saturated heterocycles. The summed E-state index contributed by atoms with van der Waals surface area (Å²) < 4.78 is 6.97. The molecule has 0 amide bonds. The number of halogens is 1. The largest absolute Gasteiger partial charge is 0.478 e. The van der Waals surface area contributed by atoms with Gasteiger partial charge in [-0.25, -0.2) is 4.79 Å².